The molecular formula is C14H9FN2O. The lowest BCUT2D eigenvalue weighted by molar-refractivity contribution is 0.626. The van der Waals surface area contributed by atoms with Crippen LogP contribution in [-0.2, 0) is 0 Å². The van der Waals surface area contributed by atoms with Crippen molar-refractivity contribution in [1.29, 1.82) is 0 Å². The molecule has 0 N–H and O–H groups in total. The molecule has 0 aliphatic carbocycles. The minimum atomic E-state index is -0.382. The van der Waals surface area contributed by atoms with Gasteiger partial charge >= 0.3 is 0 Å². The Morgan fingerprint density at radius 2 is 1.89 bits per heavy atom. The van der Waals surface area contributed by atoms with Gasteiger partial charge in [-0.05, 0) is 30.3 Å². The van der Waals surface area contributed by atoms with Gasteiger partial charge in [-0.15, -0.1) is 0 Å². The van der Waals surface area contributed by atoms with E-state index in [1.165, 1.54) is 23.0 Å². The van der Waals surface area contributed by atoms with Crippen molar-refractivity contribution in [2.75, 3.05) is 0 Å². The fourth-order valence-electron chi connectivity index (χ4n) is 1.88. The lowest BCUT2D eigenvalue weighted by atomic mass is 10.2. The van der Waals surface area contributed by atoms with Gasteiger partial charge in [-0.3, -0.25) is 9.36 Å². The summed E-state index contributed by atoms with van der Waals surface area (Å²) in [7, 11) is 0. The molecule has 0 saturated heterocycles. The van der Waals surface area contributed by atoms with E-state index in [4.69, 9.17) is 0 Å². The lowest BCUT2D eigenvalue weighted by Gasteiger charge is -2.06. The van der Waals surface area contributed by atoms with Crippen molar-refractivity contribution < 1.29 is 4.39 Å². The molecule has 3 nitrogen and oxygen atoms in total. The third-order valence-electron chi connectivity index (χ3n) is 2.75. The second-order valence-electron chi connectivity index (χ2n) is 3.92. The van der Waals surface area contributed by atoms with Gasteiger partial charge < -0.3 is 0 Å². The molecule has 0 spiro atoms. The molecule has 0 radical (unpaired) electrons. The van der Waals surface area contributed by atoms with E-state index in [0.717, 1.165) is 0 Å². The van der Waals surface area contributed by atoms with Crippen LogP contribution in [0.25, 0.3) is 16.6 Å². The van der Waals surface area contributed by atoms with Crippen LogP contribution in [0.4, 0.5) is 4.39 Å². The highest BCUT2D eigenvalue weighted by Gasteiger charge is 2.05. The van der Waals surface area contributed by atoms with E-state index in [-0.39, 0.29) is 11.4 Å². The maximum Gasteiger partial charge on any atom is 0.265 e. The SMILES string of the molecule is O=c1c2ccccc2ncn1-c1cccc(F)c1. The zero-order valence-corrected chi connectivity index (χ0v) is 9.38. The van der Waals surface area contributed by atoms with Gasteiger partial charge in [0.2, 0.25) is 0 Å². The van der Waals surface area contributed by atoms with Crippen LogP contribution in [0.2, 0.25) is 0 Å². The number of para-hydroxylation sites is 1. The third-order valence-corrected chi connectivity index (χ3v) is 2.75. The third kappa shape index (κ3) is 1.68. The summed E-state index contributed by atoms with van der Waals surface area (Å²) >= 11 is 0. The fraction of sp³-hybridized carbons (Fsp3) is 0. The van der Waals surface area contributed by atoms with Crippen molar-refractivity contribution in [3.05, 3.63) is 71.0 Å². The smallest absolute Gasteiger partial charge is 0.265 e. The average Bonchev–Trinajstić information content (AvgIpc) is 2.39. The molecule has 0 fully saturated rings. The first kappa shape index (κ1) is 10.7. The first-order valence-electron chi connectivity index (χ1n) is 5.48. The van der Waals surface area contributed by atoms with Gasteiger partial charge in [0.15, 0.2) is 0 Å². The maximum atomic E-state index is 13.2. The number of hydrogen-bond donors (Lipinski definition) is 0. The molecule has 88 valence electrons. The van der Waals surface area contributed by atoms with Crippen LogP contribution in [0.15, 0.2) is 59.7 Å². The van der Waals surface area contributed by atoms with Crippen LogP contribution in [0, 0.1) is 5.82 Å². The molecule has 3 rings (SSSR count). The summed E-state index contributed by atoms with van der Waals surface area (Å²) in [5.74, 6) is -0.382. The molecule has 0 unspecified atom stereocenters. The molecule has 0 atom stereocenters. The molecule has 3 aromatic rings. The van der Waals surface area contributed by atoms with Gasteiger partial charge in [-0.1, -0.05) is 18.2 Å². The summed E-state index contributed by atoms with van der Waals surface area (Å²) in [6.07, 6.45) is 1.42. The predicted molar refractivity (Wildman–Crippen MR) is 67.3 cm³/mol. The average molecular weight is 240 g/mol. The fourth-order valence-corrected chi connectivity index (χ4v) is 1.88. The minimum Gasteiger partial charge on any atom is -0.268 e. The molecule has 1 heterocycles. The molecule has 0 amide bonds. The van der Waals surface area contributed by atoms with E-state index >= 15 is 0 Å². The Balaban J connectivity index is 2.31. The molecule has 2 aromatic carbocycles. The highest BCUT2D eigenvalue weighted by Crippen LogP contribution is 2.10. The molecule has 1 aromatic heterocycles. The quantitative estimate of drug-likeness (QED) is 0.655. The summed E-state index contributed by atoms with van der Waals surface area (Å²) in [6, 6.07) is 12.9. The van der Waals surface area contributed by atoms with Gasteiger partial charge in [0.05, 0.1) is 16.6 Å². The lowest BCUT2D eigenvalue weighted by Crippen LogP contribution is -2.18. The van der Waals surface area contributed by atoms with Crippen LogP contribution >= 0.6 is 0 Å². The summed E-state index contributed by atoms with van der Waals surface area (Å²) < 4.78 is 14.5. The number of rotatable bonds is 1. The normalized spacial score (nSPS) is 10.7. The first-order chi connectivity index (χ1) is 8.75. The van der Waals surface area contributed by atoms with Crippen molar-refractivity contribution in [2.45, 2.75) is 0 Å². The van der Waals surface area contributed by atoms with Crippen molar-refractivity contribution in [3.63, 3.8) is 0 Å². The zero-order chi connectivity index (χ0) is 12.5. The van der Waals surface area contributed by atoms with Crippen LogP contribution in [0.1, 0.15) is 0 Å². The highest BCUT2D eigenvalue weighted by molar-refractivity contribution is 5.77. The summed E-state index contributed by atoms with van der Waals surface area (Å²) in [4.78, 5) is 16.4. The Morgan fingerprint density at radius 3 is 2.72 bits per heavy atom. The summed E-state index contributed by atoms with van der Waals surface area (Å²) in [5, 5.41) is 0.518. The predicted octanol–water partition coefficient (Wildman–Crippen LogP) is 2.52. The summed E-state index contributed by atoms with van der Waals surface area (Å²) in [5.41, 5.74) is 0.902. The topological polar surface area (TPSA) is 34.9 Å². The second-order valence-corrected chi connectivity index (χ2v) is 3.92. The standard InChI is InChI=1S/C14H9FN2O/c15-10-4-3-5-11(8-10)17-9-16-13-7-2-1-6-12(13)14(17)18/h1-9H. The van der Waals surface area contributed by atoms with E-state index in [2.05, 4.69) is 4.98 Å². The van der Waals surface area contributed by atoms with Gasteiger partial charge in [-0.2, -0.15) is 0 Å². The van der Waals surface area contributed by atoms with Gasteiger partial charge in [0.1, 0.15) is 12.1 Å². The molecule has 0 bridgehead atoms. The highest BCUT2D eigenvalue weighted by atomic mass is 19.1. The Kier molecular flexibility index (Phi) is 2.41. The second kappa shape index (κ2) is 4.07. The van der Waals surface area contributed by atoms with Crippen molar-refractivity contribution in [2.24, 2.45) is 0 Å². The zero-order valence-electron chi connectivity index (χ0n) is 9.38. The number of benzene rings is 2. The summed E-state index contributed by atoms with van der Waals surface area (Å²) in [6.45, 7) is 0. The largest absolute Gasteiger partial charge is 0.268 e. The number of nitrogens with zero attached hydrogens (tertiary/aromatic N) is 2. The monoisotopic (exact) mass is 240 g/mol. The van der Waals surface area contributed by atoms with Crippen LogP contribution < -0.4 is 5.56 Å². The van der Waals surface area contributed by atoms with Crippen LogP contribution in [-0.4, -0.2) is 9.55 Å². The number of hydrogen-bond acceptors (Lipinski definition) is 2. The Hall–Kier alpha value is -2.49. The van der Waals surface area contributed by atoms with E-state index in [1.54, 1.807) is 30.3 Å². The Bertz CT molecular complexity index is 780. The molecule has 0 aliphatic rings. The first-order valence-corrected chi connectivity index (χ1v) is 5.48. The minimum absolute atomic E-state index is 0.203. The van der Waals surface area contributed by atoms with Gasteiger partial charge in [-0.25, -0.2) is 9.37 Å². The van der Waals surface area contributed by atoms with Crippen LogP contribution in [0.5, 0.6) is 0 Å². The number of halogens is 1. The van der Waals surface area contributed by atoms with Crippen molar-refractivity contribution in [3.8, 4) is 5.69 Å². The number of fused-ring (bicyclic) bond motifs is 1. The van der Waals surface area contributed by atoms with Crippen molar-refractivity contribution in [1.82, 2.24) is 9.55 Å². The molecule has 4 heteroatoms. The van der Waals surface area contributed by atoms with E-state index in [9.17, 15) is 9.18 Å². The molecule has 0 saturated carbocycles. The van der Waals surface area contributed by atoms with E-state index in [1.807, 2.05) is 6.07 Å². The van der Waals surface area contributed by atoms with E-state index in [0.29, 0.717) is 16.6 Å². The van der Waals surface area contributed by atoms with Gasteiger partial charge in [0.25, 0.3) is 5.56 Å². The Morgan fingerprint density at radius 1 is 1.06 bits per heavy atom. The van der Waals surface area contributed by atoms with Gasteiger partial charge in [0, 0.05) is 0 Å². The maximum absolute atomic E-state index is 13.2. The van der Waals surface area contributed by atoms with E-state index < -0.39 is 0 Å². The molecule has 0 aliphatic heterocycles. The van der Waals surface area contributed by atoms with Crippen molar-refractivity contribution >= 4 is 10.9 Å². The Labute approximate surface area is 102 Å². The van der Waals surface area contributed by atoms with Crippen LogP contribution in [0.3, 0.4) is 0 Å². The number of aromatic nitrogens is 2. The molecular weight excluding hydrogens is 231 g/mol. The molecule has 18 heavy (non-hydrogen) atoms.